The number of methoxy groups -OCH3 is 1. The highest BCUT2D eigenvalue weighted by Crippen LogP contribution is 2.39. The van der Waals surface area contributed by atoms with Crippen molar-refractivity contribution in [3.05, 3.63) is 100 Å². The number of aryl methyl sites for hydroxylation is 1. The zero-order valence-electron chi connectivity index (χ0n) is 31.6. The average Bonchev–Trinajstić information content (AvgIpc) is 3.06. The highest BCUT2D eigenvalue weighted by Gasteiger charge is 2.40. The van der Waals surface area contributed by atoms with E-state index in [0.29, 0.717) is 19.8 Å². The minimum atomic E-state index is -3.91. The van der Waals surface area contributed by atoms with Gasteiger partial charge in [-0.25, -0.2) is 13.1 Å². The number of hydrogen-bond donors (Lipinski definition) is 3. The molecule has 0 aliphatic rings. The third kappa shape index (κ3) is 11.5. The molecule has 0 aliphatic heterocycles. The van der Waals surface area contributed by atoms with Crippen LogP contribution >= 0.6 is 8.58 Å². The predicted octanol–water partition coefficient (Wildman–Crippen LogP) is 6.79. The Labute approximate surface area is 306 Å². The summed E-state index contributed by atoms with van der Waals surface area (Å²) in [6, 6.07) is 20.3. The minimum Gasteiger partial charge on any atom is -0.490 e. The van der Waals surface area contributed by atoms with Crippen LogP contribution in [0.25, 0.3) is 0 Å². The van der Waals surface area contributed by atoms with Crippen molar-refractivity contribution < 1.29 is 32.5 Å². The maximum atomic E-state index is 13.4. The molecule has 0 saturated heterocycles. The molecular formula is C39H56N3O7PS. The third-order valence-electron chi connectivity index (χ3n) is 8.93. The molecule has 12 heteroatoms. The molecule has 0 radical (unpaired) electrons. The molecule has 3 rings (SSSR count). The smallest absolute Gasteiger partial charge is 0.314 e. The third-order valence-corrected chi connectivity index (χ3v) is 11.6. The molecule has 0 heterocycles. The van der Waals surface area contributed by atoms with Crippen molar-refractivity contribution in [3.63, 3.8) is 0 Å². The second-order valence-electron chi connectivity index (χ2n) is 14.2. The monoisotopic (exact) mass is 741 g/mol. The second-order valence-corrected chi connectivity index (χ2v) is 17.0. The molecule has 0 fully saturated rings. The van der Waals surface area contributed by atoms with Crippen molar-refractivity contribution in [2.45, 2.75) is 96.8 Å². The van der Waals surface area contributed by atoms with Gasteiger partial charge in [0.25, 0.3) is 0 Å². The number of nitrogens with one attached hydrogen (secondary N) is 1. The summed E-state index contributed by atoms with van der Waals surface area (Å²) in [5, 5.41) is 10.5. The van der Waals surface area contributed by atoms with Crippen molar-refractivity contribution in [2.24, 2.45) is 11.1 Å². The van der Waals surface area contributed by atoms with E-state index in [1.165, 1.54) is 13.2 Å². The molecule has 0 bridgehead atoms. The summed E-state index contributed by atoms with van der Waals surface area (Å²) in [4.78, 5) is 15.1. The number of rotatable bonds is 18. The van der Waals surface area contributed by atoms with Gasteiger partial charge in [0.05, 0.1) is 43.0 Å². The normalized spacial score (nSPS) is 14.2. The molecule has 0 aromatic heterocycles. The number of likely N-dealkylation sites (N-methyl/N-ethyl adjacent to an activating group) is 1. The van der Waals surface area contributed by atoms with Crippen LogP contribution in [0.4, 0.5) is 5.69 Å². The molecule has 0 aliphatic carbocycles. The van der Waals surface area contributed by atoms with Gasteiger partial charge in [0.15, 0.2) is 0 Å². The molecule has 4 N–H and O–H groups in total. The lowest BCUT2D eigenvalue weighted by Crippen LogP contribution is -2.45. The van der Waals surface area contributed by atoms with Gasteiger partial charge in [0, 0.05) is 25.0 Å². The van der Waals surface area contributed by atoms with E-state index in [-0.39, 0.29) is 35.9 Å². The Kier molecular flexibility index (Phi) is 14.7. The van der Waals surface area contributed by atoms with E-state index in [0.717, 1.165) is 28.5 Å². The largest absolute Gasteiger partial charge is 0.490 e. The Bertz CT molecular complexity index is 1770. The van der Waals surface area contributed by atoms with Gasteiger partial charge in [0.1, 0.15) is 10.6 Å². The van der Waals surface area contributed by atoms with Crippen LogP contribution in [0.1, 0.15) is 76.8 Å². The molecule has 3 aromatic rings. The van der Waals surface area contributed by atoms with Crippen molar-refractivity contribution in [1.82, 2.24) is 4.72 Å². The zero-order valence-corrected chi connectivity index (χ0v) is 33.4. The molecule has 280 valence electrons. The first-order chi connectivity index (χ1) is 23.8. The van der Waals surface area contributed by atoms with Crippen molar-refractivity contribution in [3.8, 4) is 5.75 Å². The first-order valence-electron chi connectivity index (χ1n) is 17.0. The number of carbonyl (C=O) groups is 1. The Morgan fingerprint density at radius 1 is 1.04 bits per heavy atom. The first-order valence-corrected chi connectivity index (χ1v) is 19.8. The average molecular weight is 742 g/mol. The van der Waals surface area contributed by atoms with E-state index >= 15 is 0 Å². The van der Waals surface area contributed by atoms with Crippen LogP contribution in [-0.2, 0) is 37.0 Å². The molecule has 3 atom stereocenters. The fraction of sp³-hybridized carbons (Fsp3) is 0.462. The Morgan fingerprint density at radius 2 is 1.73 bits per heavy atom. The van der Waals surface area contributed by atoms with Gasteiger partial charge in [-0.15, -0.1) is 0 Å². The van der Waals surface area contributed by atoms with Gasteiger partial charge in [-0.05, 0) is 114 Å². The summed E-state index contributed by atoms with van der Waals surface area (Å²) in [7, 11) is -0.208. The Hall–Kier alpha value is -3.47. The van der Waals surface area contributed by atoms with E-state index in [1.807, 2.05) is 70.9 Å². The number of ether oxygens (including phenoxy) is 3. The zero-order chi connectivity index (χ0) is 38.1. The lowest BCUT2D eigenvalue weighted by Gasteiger charge is -2.35. The molecule has 0 amide bonds. The lowest BCUT2D eigenvalue weighted by molar-refractivity contribution is -0.160. The van der Waals surface area contributed by atoms with Crippen LogP contribution < -0.4 is 20.1 Å². The number of hydrogen-bond acceptors (Lipinski definition) is 9. The number of carbonyl (C=O) groups excluding carboxylic acids is 1. The van der Waals surface area contributed by atoms with Crippen LogP contribution in [0, 0.1) is 12.3 Å². The molecule has 10 nitrogen and oxygen atoms in total. The van der Waals surface area contributed by atoms with E-state index < -0.39 is 33.1 Å². The molecule has 3 unspecified atom stereocenters. The maximum absolute atomic E-state index is 13.4. The maximum Gasteiger partial charge on any atom is 0.314 e. The van der Waals surface area contributed by atoms with Crippen molar-refractivity contribution in [2.75, 3.05) is 25.7 Å². The number of nitrogens with two attached hydrogens (primary N) is 1. The number of nitrogens with zero attached hydrogens (tertiary/aromatic N) is 1. The van der Waals surface area contributed by atoms with E-state index in [2.05, 4.69) is 21.8 Å². The fourth-order valence-electron chi connectivity index (χ4n) is 5.51. The summed E-state index contributed by atoms with van der Waals surface area (Å²) >= 11 is 0. The molecule has 0 spiro atoms. The van der Waals surface area contributed by atoms with Crippen molar-refractivity contribution >= 4 is 30.3 Å². The number of sulfonamides is 1. The van der Waals surface area contributed by atoms with Crippen LogP contribution in [0.5, 0.6) is 5.75 Å². The van der Waals surface area contributed by atoms with Gasteiger partial charge in [-0.2, -0.15) is 0 Å². The van der Waals surface area contributed by atoms with Gasteiger partial charge >= 0.3 is 5.97 Å². The van der Waals surface area contributed by atoms with Gasteiger partial charge in [-0.1, -0.05) is 51.0 Å². The minimum absolute atomic E-state index is 0.0141. The van der Waals surface area contributed by atoms with Crippen LogP contribution in [0.2, 0.25) is 0 Å². The lowest BCUT2D eigenvalue weighted by atomic mass is 9.81. The molecule has 51 heavy (non-hydrogen) atoms. The quantitative estimate of drug-likeness (QED) is 0.0950. The topological polar surface area (TPSA) is 140 Å². The van der Waals surface area contributed by atoms with E-state index in [4.69, 9.17) is 19.9 Å². The van der Waals surface area contributed by atoms with Gasteiger partial charge in [-0.3, -0.25) is 4.79 Å². The predicted molar refractivity (Wildman–Crippen MR) is 207 cm³/mol. The van der Waals surface area contributed by atoms with Gasteiger partial charge < -0.3 is 30.0 Å². The SMILES string of the molecule is COC(=O)C(C)(C)C(OC/C(N)=C/PCc1cccc(N(C)C(C)C(C)(C)O)c1)c1ccc(C)c(CNS(=O)(=O)c2ccccc2OC(C)C)c1. The number of benzene rings is 3. The summed E-state index contributed by atoms with van der Waals surface area (Å²) < 4.78 is 46.7. The second kappa shape index (κ2) is 17.8. The highest BCUT2D eigenvalue weighted by molar-refractivity contribution is 7.89. The summed E-state index contributed by atoms with van der Waals surface area (Å²) in [6.45, 7) is 14.8. The highest BCUT2D eigenvalue weighted by atomic mass is 32.2. The summed E-state index contributed by atoms with van der Waals surface area (Å²) in [6.07, 6.45) is -0.165. The summed E-state index contributed by atoms with van der Waals surface area (Å²) in [5.41, 5.74) is 9.47. The molecule has 3 aromatic carbocycles. The van der Waals surface area contributed by atoms with Gasteiger partial charge in [0.2, 0.25) is 10.0 Å². The number of para-hydroxylation sites is 1. The van der Waals surface area contributed by atoms with Crippen LogP contribution in [-0.4, -0.2) is 58.0 Å². The Morgan fingerprint density at radius 3 is 2.37 bits per heavy atom. The molecule has 0 saturated carbocycles. The Balaban J connectivity index is 1.78. The number of aliphatic hydroxyl groups is 1. The van der Waals surface area contributed by atoms with Crippen LogP contribution in [0.3, 0.4) is 0 Å². The fourth-order valence-corrected chi connectivity index (χ4v) is 7.56. The summed E-state index contributed by atoms with van der Waals surface area (Å²) in [5.74, 6) is 1.78. The number of anilines is 1. The van der Waals surface area contributed by atoms with E-state index in [9.17, 15) is 18.3 Å². The first kappa shape index (κ1) is 41.9. The molecular weight excluding hydrogens is 685 g/mol. The van der Waals surface area contributed by atoms with Crippen LogP contribution in [0.15, 0.2) is 83.1 Å². The number of esters is 1. The van der Waals surface area contributed by atoms with E-state index in [1.54, 1.807) is 45.9 Å². The van der Waals surface area contributed by atoms with Crippen molar-refractivity contribution in [1.29, 1.82) is 0 Å². The standard InChI is InChI=1S/C39H56N3O7PS/c1-26(2)49-34-16-11-12-17-35(34)51(45,46)41-22-31-21-30(19-18-27(31)3)36(38(5,6)37(43)47-10)48-23-32(40)25-50-24-29-14-13-15-33(20-29)42(9)28(4)39(7,8)44/h11-21,25-26,28,36,41,44,50H,22-24,40H2,1-10H3/b32-25-.